The molecule has 0 amide bonds. The summed E-state index contributed by atoms with van der Waals surface area (Å²) in [5.74, 6) is 0.370. The van der Waals surface area contributed by atoms with E-state index in [2.05, 4.69) is 4.90 Å². The van der Waals surface area contributed by atoms with Gasteiger partial charge in [-0.2, -0.15) is 4.31 Å². The third kappa shape index (κ3) is 3.61. The maximum absolute atomic E-state index is 12.7. The van der Waals surface area contributed by atoms with Crippen LogP contribution in [-0.2, 0) is 15.6 Å². The summed E-state index contributed by atoms with van der Waals surface area (Å²) < 4.78 is 27.0. The van der Waals surface area contributed by atoms with Crippen molar-refractivity contribution in [3.05, 3.63) is 60.2 Å². The summed E-state index contributed by atoms with van der Waals surface area (Å²) in [5, 5.41) is 10.7. The van der Waals surface area contributed by atoms with E-state index in [-0.39, 0.29) is 0 Å². The molecule has 2 aromatic carbocycles. The predicted octanol–water partition coefficient (Wildman–Crippen LogP) is 2.82. The molecule has 27 heavy (non-hydrogen) atoms. The molecule has 1 atom stereocenters. The van der Waals surface area contributed by atoms with E-state index in [0.717, 1.165) is 24.1 Å². The lowest BCUT2D eigenvalue weighted by molar-refractivity contribution is 0.0331. The van der Waals surface area contributed by atoms with Crippen LogP contribution >= 0.6 is 0 Å². The summed E-state index contributed by atoms with van der Waals surface area (Å²) in [5.41, 5.74) is 1.28. The summed E-state index contributed by atoms with van der Waals surface area (Å²) >= 11 is 0. The highest BCUT2D eigenvalue weighted by atomic mass is 32.2. The Morgan fingerprint density at radius 3 is 2.07 bits per heavy atom. The lowest BCUT2D eigenvalue weighted by atomic mass is 9.91. The molecule has 2 aromatic rings. The molecule has 6 heteroatoms. The van der Waals surface area contributed by atoms with E-state index in [4.69, 9.17) is 0 Å². The Morgan fingerprint density at radius 2 is 1.52 bits per heavy atom. The Labute approximate surface area is 161 Å². The first-order valence-electron chi connectivity index (χ1n) is 9.52. The second-order valence-electron chi connectivity index (χ2n) is 7.67. The molecular formula is C21H26N2O3S. The lowest BCUT2D eigenvalue weighted by Gasteiger charge is -2.35. The molecule has 1 saturated carbocycles. The monoisotopic (exact) mass is 386 g/mol. The van der Waals surface area contributed by atoms with Gasteiger partial charge in [-0.3, -0.25) is 0 Å². The Kier molecular flexibility index (Phi) is 4.74. The van der Waals surface area contributed by atoms with E-state index < -0.39 is 15.6 Å². The van der Waals surface area contributed by atoms with E-state index in [0.29, 0.717) is 37.0 Å². The van der Waals surface area contributed by atoms with Crippen molar-refractivity contribution in [1.82, 2.24) is 4.31 Å². The van der Waals surface area contributed by atoms with Crippen molar-refractivity contribution in [3.8, 4) is 0 Å². The molecule has 4 rings (SSSR count). The molecular weight excluding hydrogens is 360 g/mol. The number of benzene rings is 2. The number of sulfonamides is 1. The molecule has 5 nitrogen and oxygen atoms in total. The summed E-state index contributed by atoms with van der Waals surface area (Å²) in [6.45, 7) is 4.15. The number of rotatable bonds is 5. The highest BCUT2D eigenvalue weighted by molar-refractivity contribution is 7.89. The Morgan fingerprint density at radius 1 is 0.926 bits per heavy atom. The van der Waals surface area contributed by atoms with Crippen molar-refractivity contribution < 1.29 is 13.5 Å². The van der Waals surface area contributed by atoms with Crippen LogP contribution in [0.4, 0.5) is 5.69 Å². The molecule has 1 heterocycles. The van der Waals surface area contributed by atoms with Gasteiger partial charge in [0.2, 0.25) is 10.0 Å². The van der Waals surface area contributed by atoms with Crippen molar-refractivity contribution >= 4 is 15.7 Å². The first-order valence-corrected chi connectivity index (χ1v) is 11.0. The zero-order valence-electron chi connectivity index (χ0n) is 15.6. The Hall–Kier alpha value is -1.89. The minimum Gasteiger partial charge on any atom is -0.385 e. The van der Waals surface area contributed by atoms with Gasteiger partial charge in [-0.1, -0.05) is 30.3 Å². The summed E-state index contributed by atoms with van der Waals surface area (Å²) in [4.78, 5) is 2.55. The van der Waals surface area contributed by atoms with Crippen LogP contribution < -0.4 is 4.90 Å². The Bertz CT molecular complexity index is 883. The van der Waals surface area contributed by atoms with Crippen LogP contribution in [0.1, 0.15) is 25.3 Å². The van der Waals surface area contributed by atoms with Gasteiger partial charge in [0.05, 0.1) is 10.5 Å². The molecule has 1 aliphatic heterocycles. The van der Waals surface area contributed by atoms with Crippen LogP contribution in [0.5, 0.6) is 0 Å². The zero-order valence-corrected chi connectivity index (χ0v) is 16.4. The van der Waals surface area contributed by atoms with Gasteiger partial charge < -0.3 is 10.0 Å². The maximum Gasteiger partial charge on any atom is 0.243 e. The standard InChI is InChI=1S/C21H26N2O3S/c1-21(24,17-7-8-17)18-9-11-19(12-10-18)22-13-15-23(16-14-22)27(25,26)20-5-3-2-4-6-20/h2-6,9-12,17,24H,7-8,13-16H2,1H3/t21-/m0/s1. The molecule has 2 fully saturated rings. The van der Waals surface area contributed by atoms with Gasteiger partial charge in [0.1, 0.15) is 0 Å². The van der Waals surface area contributed by atoms with Crippen LogP contribution in [0, 0.1) is 5.92 Å². The van der Waals surface area contributed by atoms with E-state index >= 15 is 0 Å². The number of nitrogens with zero attached hydrogens (tertiary/aromatic N) is 2. The smallest absolute Gasteiger partial charge is 0.243 e. The average molecular weight is 387 g/mol. The third-order valence-corrected chi connectivity index (χ3v) is 7.72. The number of aliphatic hydroxyl groups is 1. The van der Waals surface area contributed by atoms with Crippen molar-refractivity contribution in [3.63, 3.8) is 0 Å². The molecule has 0 aromatic heterocycles. The van der Waals surface area contributed by atoms with Crippen molar-refractivity contribution in [2.45, 2.75) is 30.3 Å². The maximum atomic E-state index is 12.7. The fourth-order valence-electron chi connectivity index (χ4n) is 3.82. The first-order chi connectivity index (χ1) is 12.9. The Balaban J connectivity index is 1.42. The summed E-state index contributed by atoms with van der Waals surface area (Å²) in [7, 11) is -3.42. The molecule has 144 valence electrons. The van der Waals surface area contributed by atoms with Gasteiger partial charge in [-0.25, -0.2) is 8.42 Å². The number of hydrogen-bond acceptors (Lipinski definition) is 4. The second kappa shape index (κ2) is 6.93. The van der Waals surface area contributed by atoms with Gasteiger partial charge in [-0.05, 0) is 55.5 Å². The molecule has 1 saturated heterocycles. The lowest BCUT2D eigenvalue weighted by Crippen LogP contribution is -2.48. The van der Waals surface area contributed by atoms with Crippen molar-refractivity contribution in [1.29, 1.82) is 0 Å². The van der Waals surface area contributed by atoms with Crippen LogP contribution in [-0.4, -0.2) is 44.0 Å². The zero-order chi connectivity index (χ0) is 19.1. The third-order valence-electron chi connectivity index (χ3n) is 5.81. The average Bonchev–Trinajstić information content (AvgIpc) is 3.55. The van der Waals surface area contributed by atoms with Gasteiger partial charge in [0, 0.05) is 31.9 Å². The van der Waals surface area contributed by atoms with E-state index in [9.17, 15) is 13.5 Å². The molecule has 0 spiro atoms. The van der Waals surface area contributed by atoms with Gasteiger partial charge in [-0.15, -0.1) is 0 Å². The van der Waals surface area contributed by atoms with Crippen molar-refractivity contribution in [2.75, 3.05) is 31.1 Å². The van der Waals surface area contributed by atoms with Crippen LogP contribution in [0.3, 0.4) is 0 Å². The van der Waals surface area contributed by atoms with Crippen LogP contribution in [0.25, 0.3) is 0 Å². The molecule has 2 aliphatic rings. The second-order valence-corrected chi connectivity index (χ2v) is 9.61. The fraction of sp³-hybridized carbons (Fsp3) is 0.429. The number of anilines is 1. The highest BCUT2D eigenvalue weighted by Crippen LogP contribution is 2.45. The van der Waals surface area contributed by atoms with E-state index in [1.807, 2.05) is 37.3 Å². The quantitative estimate of drug-likeness (QED) is 0.858. The SMILES string of the molecule is C[C@@](O)(c1ccc(N2CCN(S(=O)(=O)c3ccccc3)CC2)cc1)C1CC1. The topological polar surface area (TPSA) is 60.9 Å². The highest BCUT2D eigenvalue weighted by Gasteiger charge is 2.41. The minimum atomic E-state index is -3.42. The van der Waals surface area contributed by atoms with Gasteiger partial charge in [0.15, 0.2) is 0 Å². The van der Waals surface area contributed by atoms with Crippen LogP contribution in [0.2, 0.25) is 0 Å². The normalized spacial score (nSPS) is 21.0. The van der Waals surface area contributed by atoms with Crippen LogP contribution in [0.15, 0.2) is 59.5 Å². The summed E-state index contributed by atoms with van der Waals surface area (Å²) in [6, 6.07) is 16.7. The number of piperazine rings is 1. The molecule has 1 N–H and O–H groups in total. The minimum absolute atomic E-state index is 0.352. The van der Waals surface area contributed by atoms with E-state index in [1.165, 1.54) is 0 Å². The number of hydrogen-bond donors (Lipinski definition) is 1. The molecule has 1 aliphatic carbocycles. The fourth-order valence-corrected chi connectivity index (χ4v) is 5.26. The van der Waals surface area contributed by atoms with Gasteiger partial charge in [0.25, 0.3) is 0 Å². The van der Waals surface area contributed by atoms with Crippen molar-refractivity contribution in [2.24, 2.45) is 5.92 Å². The van der Waals surface area contributed by atoms with Gasteiger partial charge >= 0.3 is 0 Å². The van der Waals surface area contributed by atoms with E-state index in [1.54, 1.807) is 28.6 Å². The molecule has 0 unspecified atom stereocenters. The predicted molar refractivity (Wildman–Crippen MR) is 106 cm³/mol. The molecule has 0 radical (unpaired) electrons. The molecule has 0 bridgehead atoms. The largest absolute Gasteiger partial charge is 0.385 e. The summed E-state index contributed by atoms with van der Waals surface area (Å²) in [6.07, 6.45) is 2.18. The first kappa shape index (κ1) is 18.5.